The Hall–Kier alpha value is -2.75. The Labute approximate surface area is 129 Å². The lowest BCUT2D eigenvalue weighted by Crippen LogP contribution is -1.98. The van der Waals surface area contributed by atoms with E-state index in [1.165, 1.54) is 0 Å². The Morgan fingerprint density at radius 3 is 2.77 bits per heavy atom. The van der Waals surface area contributed by atoms with Crippen LogP contribution in [0.4, 0.5) is 11.4 Å². The molecule has 0 amide bonds. The molecule has 1 N–H and O–H groups in total. The molecule has 2 aromatic carbocycles. The number of aromatic nitrogens is 1. The van der Waals surface area contributed by atoms with Gasteiger partial charge in [-0.2, -0.15) is 0 Å². The van der Waals surface area contributed by atoms with Crippen molar-refractivity contribution in [3.05, 3.63) is 54.7 Å². The van der Waals surface area contributed by atoms with Gasteiger partial charge >= 0.3 is 0 Å². The van der Waals surface area contributed by atoms with Crippen LogP contribution in [0, 0.1) is 0 Å². The van der Waals surface area contributed by atoms with E-state index in [0.717, 1.165) is 27.9 Å². The van der Waals surface area contributed by atoms with Crippen molar-refractivity contribution in [2.75, 3.05) is 19.0 Å². The summed E-state index contributed by atoms with van der Waals surface area (Å²) in [7, 11) is 1.66. The van der Waals surface area contributed by atoms with Crippen molar-refractivity contribution in [1.29, 1.82) is 0 Å². The molecule has 0 aliphatic carbocycles. The lowest BCUT2D eigenvalue weighted by molar-refractivity contribution is 0.331. The molecule has 1 heterocycles. The minimum atomic E-state index is 0.583. The number of anilines is 2. The first-order chi connectivity index (χ1) is 10.8. The van der Waals surface area contributed by atoms with Gasteiger partial charge in [0.25, 0.3) is 0 Å². The predicted molar refractivity (Wildman–Crippen MR) is 89.2 cm³/mol. The van der Waals surface area contributed by atoms with Crippen LogP contribution in [-0.4, -0.2) is 18.7 Å². The van der Waals surface area contributed by atoms with E-state index in [-0.39, 0.29) is 0 Å². The molecule has 4 nitrogen and oxygen atoms in total. The summed E-state index contributed by atoms with van der Waals surface area (Å²) in [5.74, 6) is 1.46. The number of rotatable bonds is 5. The molecule has 22 heavy (non-hydrogen) atoms. The van der Waals surface area contributed by atoms with Crippen molar-refractivity contribution in [2.45, 2.75) is 6.92 Å². The summed E-state index contributed by atoms with van der Waals surface area (Å²) < 4.78 is 10.9. The van der Waals surface area contributed by atoms with Crippen LogP contribution in [0.25, 0.3) is 10.8 Å². The van der Waals surface area contributed by atoms with Gasteiger partial charge in [-0.1, -0.05) is 18.2 Å². The van der Waals surface area contributed by atoms with Gasteiger partial charge in [0.05, 0.1) is 24.8 Å². The molecule has 3 rings (SSSR count). The number of hydrogen-bond donors (Lipinski definition) is 1. The SMILES string of the molecule is CCOc1nccc2cccc(Nc3cccc(OC)c3)c12. The molecule has 112 valence electrons. The monoisotopic (exact) mass is 294 g/mol. The van der Waals surface area contributed by atoms with E-state index in [9.17, 15) is 0 Å². The number of nitrogens with one attached hydrogen (secondary N) is 1. The molecule has 0 bridgehead atoms. The lowest BCUT2D eigenvalue weighted by atomic mass is 10.1. The Morgan fingerprint density at radius 1 is 1.09 bits per heavy atom. The van der Waals surface area contributed by atoms with E-state index in [2.05, 4.69) is 16.4 Å². The number of pyridine rings is 1. The molecule has 0 aliphatic heterocycles. The maximum absolute atomic E-state index is 5.67. The Bertz CT molecular complexity index is 782. The van der Waals surface area contributed by atoms with Crippen LogP contribution in [0.3, 0.4) is 0 Å². The minimum absolute atomic E-state index is 0.583. The Kier molecular flexibility index (Phi) is 4.10. The molecule has 0 saturated carbocycles. The van der Waals surface area contributed by atoms with E-state index in [0.29, 0.717) is 12.5 Å². The van der Waals surface area contributed by atoms with E-state index in [1.807, 2.05) is 49.4 Å². The molecular formula is C18H18N2O2. The zero-order valence-electron chi connectivity index (χ0n) is 12.7. The van der Waals surface area contributed by atoms with E-state index < -0.39 is 0 Å². The van der Waals surface area contributed by atoms with Crippen molar-refractivity contribution >= 4 is 22.1 Å². The average Bonchev–Trinajstić information content (AvgIpc) is 2.56. The van der Waals surface area contributed by atoms with Crippen LogP contribution in [0.2, 0.25) is 0 Å². The maximum Gasteiger partial charge on any atom is 0.223 e. The standard InChI is InChI=1S/C18H18N2O2/c1-3-22-18-17-13(10-11-19-18)6-4-9-16(17)20-14-7-5-8-15(12-14)21-2/h4-12,20H,3H2,1-2H3. The van der Waals surface area contributed by atoms with Crippen LogP contribution >= 0.6 is 0 Å². The van der Waals surface area contributed by atoms with Gasteiger partial charge in [0.2, 0.25) is 5.88 Å². The Morgan fingerprint density at radius 2 is 1.95 bits per heavy atom. The van der Waals surface area contributed by atoms with Crippen molar-refractivity contribution in [1.82, 2.24) is 4.98 Å². The fraction of sp³-hybridized carbons (Fsp3) is 0.167. The van der Waals surface area contributed by atoms with Gasteiger partial charge in [-0.15, -0.1) is 0 Å². The zero-order chi connectivity index (χ0) is 15.4. The summed E-state index contributed by atoms with van der Waals surface area (Å²) in [6.07, 6.45) is 1.77. The quantitative estimate of drug-likeness (QED) is 0.758. The van der Waals surface area contributed by atoms with Crippen molar-refractivity contribution in [3.63, 3.8) is 0 Å². The third kappa shape index (κ3) is 2.81. The smallest absolute Gasteiger partial charge is 0.223 e. The number of ether oxygens (including phenoxy) is 2. The highest BCUT2D eigenvalue weighted by Gasteiger charge is 2.09. The fourth-order valence-electron chi connectivity index (χ4n) is 2.40. The molecule has 4 heteroatoms. The zero-order valence-corrected chi connectivity index (χ0v) is 12.7. The summed E-state index contributed by atoms with van der Waals surface area (Å²) in [6, 6.07) is 15.9. The first-order valence-electron chi connectivity index (χ1n) is 7.23. The second-order valence-electron chi connectivity index (χ2n) is 4.81. The predicted octanol–water partition coefficient (Wildman–Crippen LogP) is 4.39. The molecule has 0 unspecified atom stereocenters. The van der Waals surface area contributed by atoms with E-state index in [1.54, 1.807) is 13.3 Å². The highest BCUT2D eigenvalue weighted by molar-refractivity contribution is 5.98. The van der Waals surface area contributed by atoms with Crippen molar-refractivity contribution < 1.29 is 9.47 Å². The van der Waals surface area contributed by atoms with Crippen LogP contribution in [0.15, 0.2) is 54.7 Å². The highest BCUT2D eigenvalue weighted by atomic mass is 16.5. The molecule has 0 radical (unpaired) electrons. The topological polar surface area (TPSA) is 43.4 Å². The number of hydrogen-bond acceptors (Lipinski definition) is 4. The van der Waals surface area contributed by atoms with Crippen LogP contribution in [-0.2, 0) is 0 Å². The molecule has 0 atom stereocenters. The van der Waals surface area contributed by atoms with Gasteiger partial charge in [-0.25, -0.2) is 4.98 Å². The normalized spacial score (nSPS) is 10.5. The van der Waals surface area contributed by atoms with Gasteiger partial charge in [-0.3, -0.25) is 0 Å². The number of nitrogens with zero attached hydrogens (tertiary/aromatic N) is 1. The second kappa shape index (κ2) is 6.35. The first-order valence-corrected chi connectivity index (χ1v) is 7.23. The number of fused-ring (bicyclic) bond motifs is 1. The largest absolute Gasteiger partial charge is 0.497 e. The average molecular weight is 294 g/mol. The molecule has 1 aromatic heterocycles. The maximum atomic E-state index is 5.67. The summed E-state index contributed by atoms with van der Waals surface area (Å²) in [5.41, 5.74) is 1.92. The van der Waals surface area contributed by atoms with Gasteiger partial charge in [0.1, 0.15) is 5.75 Å². The molecule has 3 aromatic rings. The highest BCUT2D eigenvalue weighted by Crippen LogP contribution is 2.33. The minimum Gasteiger partial charge on any atom is -0.497 e. The summed E-state index contributed by atoms with van der Waals surface area (Å²) in [6.45, 7) is 2.54. The second-order valence-corrected chi connectivity index (χ2v) is 4.81. The summed E-state index contributed by atoms with van der Waals surface area (Å²) >= 11 is 0. The Balaban J connectivity index is 2.06. The summed E-state index contributed by atoms with van der Waals surface area (Å²) in [4.78, 5) is 4.35. The van der Waals surface area contributed by atoms with Gasteiger partial charge < -0.3 is 14.8 Å². The van der Waals surface area contributed by atoms with Crippen LogP contribution < -0.4 is 14.8 Å². The van der Waals surface area contributed by atoms with Gasteiger partial charge in [0.15, 0.2) is 0 Å². The number of benzene rings is 2. The lowest BCUT2D eigenvalue weighted by Gasteiger charge is -2.13. The first kappa shape index (κ1) is 14.2. The third-order valence-electron chi connectivity index (χ3n) is 3.39. The van der Waals surface area contributed by atoms with Gasteiger partial charge in [-0.05, 0) is 36.6 Å². The number of methoxy groups -OCH3 is 1. The van der Waals surface area contributed by atoms with Crippen molar-refractivity contribution in [2.24, 2.45) is 0 Å². The van der Waals surface area contributed by atoms with E-state index >= 15 is 0 Å². The molecule has 0 saturated heterocycles. The van der Waals surface area contributed by atoms with Gasteiger partial charge in [0, 0.05) is 18.0 Å². The third-order valence-corrected chi connectivity index (χ3v) is 3.39. The van der Waals surface area contributed by atoms with Crippen LogP contribution in [0.1, 0.15) is 6.92 Å². The van der Waals surface area contributed by atoms with E-state index in [4.69, 9.17) is 9.47 Å². The fourth-order valence-corrected chi connectivity index (χ4v) is 2.40. The molecular weight excluding hydrogens is 276 g/mol. The molecule has 0 fully saturated rings. The molecule has 0 spiro atoms. The van der Waals surface area contributed by atoms with Crippen LogP contribution in [0.5, 0.6) is 11.6 Å². The summed E-state index contributed by atoms with van der Waals surface area (Å²) in [5, 5.41) is 5.49. The molecule has 0 aliphatic rings. The van der Waals surface area contributed by atoms with Crippen molar-refractivity contribution in [3.8, 4) is 11.6 Å².